The molecule has 8 heteroatoms. The summed E-state index contributed by atoms with van der Waals surface area (Å²) in [5, 5.41) is 3.95. The molecule has 4 rings (SSSR count). The van der Waals surface area contributed by atoms with Crippen molar-refractivity contribution in [1.82, 2.24) is 10.1 Å². The van der Waals surface area contributed by atoms with Crippen molar-refractivity contribution in [3.8, 4) is 11.4 Å². The normalized spacial score (nSPS) is 13.0. The van der Waals surface area contributed by atoms with Gasteiger partial charge in [0.1, 0.15) is 5.82 Å². The van der Waals surface area contributed by atoms with Crippen LogP contribution >= 0.6 is 12.4 Å². The molecular weight excluding hydrogens is 395 g/mol. The molecule has 2 N–H and O–H groups in total. The maximum atomic E-state index is 13.4. The Balaban J connectivity index is 0.00000240. The summed E-state index contributed by atoms with van der Waals surface area (Å²) in [4.78, 5) is 18.9. The molecule has 0 spiro atoms. The van der Waals surface area contributed by atoms with Crippen molar-refractivity contribution >= 4 is 29.7 Å². The summed E-state index contributed by atoms with van der Waals surface area (Å²) in [5.74, 6) is 0.501. The summed E-state index contributed by atoms with van der Waals surface area (Å²) in [6, 6.07) is 10.3. The number of fused-ring (bicyclic) bond motifs is 1. The van der Waals surface area contributed by atoms with Crippen LogP contribution in [0.5, 0.6) is 0 Å². The Bertz CT molecular complexity index is 1040. The summed E-state index contributed by atoms with van der Waals surface area (Å²) in [7, 11) is 0. The van der Waals surface area contributed by atoms with Gasteiger partial charge in [-0.05, 0) is 61.2 Å². The number of rotatable bonds is 4. The molecule has 1 amide bonds. The van der Waals surface area contributed by atoms with E-state index in [0.29, 0.717) is 35.8 Å². The highest BCUT2D eigenvalue weighted by molar-refractivity contribution is 5.95. The molecule has 0 fully saturated rings. The van der Waals surface area contributed by atoms with Crippen molar-refractivity contribution in [3.05, 3.63) is 59.2 Å². The third-order valence-electron chi connectivity index (χ3n) is 5.02. The lowest BCUT2D eigenvalue weighted by atomic mass is 9.99. The predicted molar refractivity (Wildman–Crippen MR) is 112 cm³/mol. The zero-order valence-corrected chi connectivity index (χ0v) is 16.8. The molecule has 3 aromatic rings. The van der Waals surface area contributed by atoms with Crippen molar-refractivity contribution in [3.63, 3.8) is 0 Å². The van der Waals surface area contributed by atoms with E-state index in [1.165, 1.54) is 6.07 Å². The monoisotopic (exact) mass is 416 g/mol. The molecule has 0 aliphatic carbocycles. The number of hydrogen-bond donors (Lipinski definition) is 1. The van der Waals surface area contributed by atoms with Crippen molar-refractivity contribution in [2.75, 3.05) is 17.2 Å². The molecule has 2 heterocycles. The van der Waals surface area contributed by atoms with Crippen molar-refractivity contribution < 1.29 is 13.7 Å². The first-order chi connectivity index (χ1) is 13.5. The van der Waals surface area contributed by atoms with E-state index in [4.69, 9.17) is 10.3 Å². The molecule has 29 heavy (non-hydrogen) atoms. The standard InChI is InChI=1S/C21H21FN4O2.ClH/c1-13-12-14(7-8-16(13)22)21-24-19(28-25-21)9-10-20(27)26-11-3-4-15-17(23)5-2-6-18(15)26;/h2,5-8,12H,3-4,9-11,23H2,1H3;1H. The molecule has 152 valence electrons. The summed E-state index contributed by atoms with van der Waals surface area (Å²) >= 11 is 0. The summed E-state index contributed by atoms with van der Waals surface area (Å²) in [6.07, 6.45) is 2.38. The van der Waals surface area contributed by atoms with Crippen LogP contribution < -0.4 is 10.6 Å². The second kappa shape index (κ2) is 8.61. The van der Waals surface area contributed by atoms with Crippen LogP contribution in [0.3, 0.4) is 0 Å². The molecule has 0 saturated heterocycles. The number of aromatic nitrogens is 2. The molecule has 0 saturated carbocycles. The van der Waals surface area contributed by atoms with E-state index < -0.39 is 0 Å². The van der Waals surface area contributed by atoms with Crippen molar-refractivity contribution in [2.24, 2.45) is 0 Å². The van der Waals surface area contributed by atoms with E-state index in [-0.39, 0.29) is 30.6 Å². The van der Waals surface area contributed by atoms with E-state index in [0.717, 1.165) is 29.8 Å². The largest absolute Gasteiger partial charge is 0.398 e. The molecule has 0 radical (unpaired) electrons. The third-order valence-corrected chi connectivity index (χ3v) is 5.02. The van der Waals surface area contributed by atoms with Crippen LogP contribution in [0.1, 0.15) is 29.9 Å². The van der Waals surface area contributed by atoms with Crippen LogP contribution in [0.2, 0.25) is 0 Å². The van der Waals surface area contributed by atoms with Gasteiger partial charge < -0.3 is 15.2 Å². The number of nitrogen functional groups attached to an aromatic ring is 1. The minimum atomic E-state index is -0.277. The minimum absolute atomic E-state index is 0. The van der Waals surface area contributed by atoms with Crippen molar-refractivity contribution in [1.29, 1.82) is 0 Å². The minimum Gasteiger partial charge on any atom is -0.398 e. The molecular formula is C21H22ClFN4O2. The predicted octanol–water partition coefficient (Wildman–Crippen LogP) is 4.10. The lowest BCUT2D eigenvalue weighted by Crippen LogP contribution is -2.35. The molecule has 1 aliphatic heterocycles. The molecule has 6 nitrogen and oxygen atoms in total. The Morgan fingerprint density at radius 2 is 2.14 bits per heavy atom. The molecule has 0 atom stereocenters. The number of nitrogens with zero attached hydrogens (tertiary/aromatic N) is 3. The van der Waals surface area contributed by atoms with Gasteiger partial charge in [0, 0.05) is 36.3 Å². The Morgan fingerprint density at radius 3 is 2.93 bits per heavy atom. The zero-order valence-electron chi connectivity index (χ0n) is 16.0. The van der Waals surface area contributed by atoms with E-state index in [1.54, 1.807) is 24.0 Å². The lowest BCUT2D eigenvalue weighted by molar-refractivity contribution is -0.118. The highest BCUT2D eigenvalue weighted by atomic mass is 35.5. The Kier molecular flexibility index (Phi) is 6.17. The van der Waals surface area contributed by atoms with Gasteiger partial charge in [-0.2, -0.15) is 4.98 Å². The SMILES string of the molecule is Cc1cc(-c2noc(CCC(=O)N3CCCc4c(N)cccc43)n2)ccc1F.Cl. The number of anilines is 2. The maximum Gasteiger partial charge on any atom is 0.227 e. The van der Waals surface area contributed by atoms with Gasteiger partial charge in [-0.1, -0.05) is 11.2 Å². The number of amides is 1. The molecule has 0 unspecified atom stereocenters. The van der Waals surface area contributed by atoms with Crippen LogP contribution in [0, 0.1) is 12.7 Å². The molecule has 1 aliphatic rings. The quantitative estimate of drug-likeness (QED) is 0.647. The molecule has 2 aromatic carbocycles. The number of hydrogen-bond acceptors (Lipinski definition) is 5. The second-order valence-electron chi connectivity index (χ2n) is 6.97. The Labute approximate surface area is 174 Å². The fourth-order valence-electron chi connectivity index (χ4n) is 3.52. The summed E-state index contributed by atoms with van der Waals surface area (Å²) in [6.45, 7) is 2.36. The topological polar surface area (TPSA) is 85.2 Å². The Hall–Kier alpha value is -2.93. The van der Waals surface area contributed by atoms with Gasteiger partial charge in [0.25, 0.3) is 0 Å². The first kappa shape index (κ1) is 20.8. The van der Waals surface area contributed by atoms with E-state index in [2.05, 4.69) is 10.1 Å². The highest BCUT2D eigenvalue weighted by Gasteiger charge is 2.24. The van der Waals surface area contributed by atoms with Crippen LogP contribution in [0.25, 0.3) is 11.4 Å². The second-order valence-corrected chi connectivity index (χ2v) is 6.97. The fraction of sp³-hybridized carbons (Fsp3) is 0.286. The fourth-order valence-corrected chi connectivity index (χ4v) is 3.52. The van der Waals surface area contributed by atoms with E-state index in [9.17, 15) is 9.18 Å². The van der Waals surface area contributed by atoms with Gasteiger partial charge in [0.2, 0.25) is 17.6 Å². The highest BCUT2D eigenvalue weighted by Crippen LogP contribution is 2.31. The van der Waals surface area contributed by atoms with Crippen LogP contribution in [-0.4, -0.2) is 22.6 Å². The van der Waals surface area contributed by atoms with Gasteiger partial charge in [0.15, 0.2) is 0 Å². The van der Waals surface area contributed by atoms with E-state index >= 15 is 0 Å². The van der Waals surface area contributed by atoms with Gasteiger partial charge in [-0.15, -0.1) is 12.4 Å². The number of benzene rings is 2. The first-order valence-electron chi connectivity index (χ1n) is 9.30. The average Bonchev–Trinajstić information content (AvgIpc) is 3.17. The van der Waals surface area contributed by atoms with Crippen LogP contribution in [0.15, 0.2) is 40.9 Å². The number of aryl methyl sites for hydroxylation is 2. The smallest absolute Gasteiger partial charge is 0.227 e. The molecule has 0 bridgehead atoms. The lowest BCUT2D eigenvalue weighted by Gasteiger charge is -2.30. The number of carbonyl (C=O) groups is 1. The van der Waals surface area contributed by atoms with Gasteiger partial charge in [-0.25, -0.2) is 4.39 Å². The van der Waals surface area contributed by atoms with Gasteiger partial charge in [-0.3, -0.25) is 4.79 Å². The first-order valence-corrected chi connectivity index (χ1v) is 9.30. The van der Waals surface area contributed by atoms with E-state index in [1.807, 2.05) is 18.2 Å². The number of nitrogens with two attached hydrogens (primary N) is 1. The molecule has 1 aromatic heterocycles. The summed E-state index contributed by atoms with van der Waals surface area (Å²) in [5.41, 5.74) is 9.91. The maximum absolute atomic E-state index is 13.4. The number of halogens is 2. The summed E-state index contributed by atoms with van der Waals surface area (Å²) < 4.78 is 18.7. The Morgan fingerprint density at radius 1 is 1.31 bits per heavy atom. The van der Waals surface area contributed by atoms with Crippen LogP contribution in [0.4, 0.5) is 15.8 Å². The van der Waals surface area contributed by atoms with Gasteiger partial charge in [0.05, 0.1) is 0 Å². The van der Waals surface area contributed by atoms with Gasteiger partial charge >= 0.3 is 0 Å². The average molecular weight is 417 g/mol. The van der Waals surface area contributed by atoms with Crippen LogP contribution in [-0.2, 0) is 17.6 Å². The third kappa shape index (κ3) is 4.24. The van der Waals surface area contributed by atoms with Crippen molar-refractivity contribution in [2.45, 2.75) is 32.6 Å². The zero-order chi connectivity index (χ0) is 19.7. The number of carbonyl (C=O) groups excluding carboxylic acids is 1.